The average Bonchev–Trinajstić information content (AvgIpc) is 3.49. The maximum atomic E-state index is 11.7. The summed E-state index contributed by atoms with van der Waals surface area (Å²) < 4.78 is 10.4. The van der Waals surface area contributed by atoms with E-state index in [2.05, 4.69) is 48.4 Å². The lowest BCUT2D eigenvalue weighted by molar-refractivity contribution is 0.0567. The number of esters is 1. The van der Waals surface area contributed by atoms with Gasteiger partial charge in [-0.2, -0.15) is 0 Å². The Morgan fingerprint density at radius 2 is 2.00 bits per heavy atom. The first kappa shape index (κ1) is 22.3. The van der Waals surface area contributed by atoms with Crippen LogP contribution in [-0.2, 0) is 11.2 Å². The van der Waals surface area contributed by atoms with Crippen molar-refractivity contribution in [2.24, 2.45) is 5.92 Å². The van der Waals surface area contributed by atoms with Crippen LogP contribution in [0.2, 0.25) is 0 Å². The number of terminal acetylenes is 1. The molecule has 3 nitrogen and oxygen atoms in total. The summed E-state index contributed by atoms with van der Waals surface area (Å²) >= 11 is 0. The molecule has 5 rings (SSSR count). The molecule has 1 heterocycles. The van der Waals surface area contributed by atoms with Crippen LogP contribution >= 0.6 is 0 Å². The van der Waals surface area contributed by atoms with Crippen LogP contribution < -0.4 is 0 Å². The number of ether oxygens (including phenoxy) is 1. The fraction of sp³-hybridized carbons (Fsp3) is 0.323. The summed E-state index contributed by atoms with van der Waals surface area (Å²) in [6.45, 7) is 0. The van der Waals surface area contributed by atoms with E-state index >= 15 is 0 Å². The summed E-state index contributed by atoms with van der Waals surface area (Å²) in [6, 6.07) is 14.4. The Kier molecular flexibility index (Phi) is 6.41. The Morgan fingerprint density at radius 3 is 2.79 bits per heavy atom. The van der Waals surface area contributed by atoms with Gasteiger partial charge >= 0.3 is 5.97 Å². The van der Waals surface area contributed by atoms with E-state index in [1.54, 1.807) is 6.07 Å². The van der Waals surface area contributed by atoms with Gasteiger partial charge in [0.2, 0.25) is 5.76 Å². The second kappa shape index (κ2) is 9.77. The van der Waals surface area contributed by atoms with Crippen molar-refractivity contribution in [3.63, 3.8) is 0 Å². The van der Waals surface area contributed by atoms with Gasteiger partial charge in [-0.3, -0.25) is 0 Å². The third-order valence-electron chi connectivity index (χ3n) is 7.41. The van der Waals surface area contributed by atoms with Crippen molar-refractivity contribution in [2.45, 2.75) is 50.9 Å². The van der Waals surface area contributed by atoms with Crippen molar-refractivity contribution < 1.29 is 13.9 Å². The molecule has 0 aliphatic heterocycles. The second-order valence-corrected chi connectivity index (χ2v) is 9.48. The number of furan rings is 1. The Hall–Kier alpha value is -3.51. The van der Waals surface area contributed by atoms with Gasteiger partial charge in [0.05, 0.1) is 7.11 Å². The number of rotatable bonds is 6. The molecule has 0 atom stereocenters. The molecule has 3 aromatic rings. The Labute approximate surface area is 201 Å². The van der Waals surface area contributed by atoms with Gasteiger partial charge in [0.15, 0.2) is 0 Å². The highest BCUT2D eigenvalue weighted by Crippen LogP contribution is 2.39. The van der Waals surface area contributed by atoms with Crippen LogP contribution in [0.1, 0.15) is 77.3 Å². The lowest BCUT2D eigenvalue weighted by atomic mass is 9.77. The third-order valence-corrected chi connectivity index (χ3v) is 7.41. The minimum absolute atomic E-state index is 0.264. The zero-order chi connectivity index (χ0) is 23.5. The molecule has 1 saturated carbocycles. The lowest BCUT2D eigenvalue weighted by Crippen LogP contribution is -2.13. The van der Waals surface area contributed by atoms with Gasteiger partial charge in [-0.05, 0) is 109 Å². The van der Waals surface area contributed by atoms with Crippen LogP contribution in [0, 0.1) is 18.3 Å². The van der Waals surface area contributed by atoms with Crippen LogP contribution in [0.3, 0.4) is 0 Å². The predicted octanol–water partition coefficient (Wildman–Crippen LogP) is 7.45. The number of hydrogen-bond acceptors (Lipinski definition) is 3. The minimum Gasteiger partial charge on any atom is -0.463 e. The number of methoxy groups -OCH3 is 1. The highest BCUT2D eigenvalue weighted by molar-refractivity contribution is 5.92. The van der Waals surface area contributed by atoms with E-state index < -0.39 is 5.97 Å². The highest BCUT2D eigenvalue weighted by Gasteiger charge is 2.23. The van der Waals surface area contributed by atoms with Gasteiger partial charge < -0.3 is 9.15 Å². The van der Waals surface area contributed by atoms with E-state index in [4.69, 9.17) is 15.6 Å². The van der Waals surface area contributed by atoms with E-state index in [9.17, 15) is 4.79 Å². The SMILES string of the molecule is C#Cc1ccc2c(c1)C(C=CCCC1CCC(c3ccc4oc(C(=O)OC)cc4c3)CC1)=CC2. The molecular formula is C31H30O3. The number of carbonyl (C=O) groups is 1. The van der Waals surface area contributed by atoms with Gasteiger partial charge in [-0.25, -0.2) is 4.79 Å². The Bertz CT molecular complexity index is 1310. The Morgan fingerprint density at radius 1 is 1.15 bits per heavy atom. The van der Waals surface area contributed by atoms with E-state index in [0.717, 1.165) is 35.3 Å². The molecule has 2 aromatic carbocycles. The topological polar surface area (TPSA) is 39.4 Å². The van der Waals surface area contributed by atoms with Crippen molar-refractivity contribution in [3.05, 3.63) is 88.7 Å². The molecule has 0 saturated heterocycles. The number of fused-ring (bicyclic) bond motifs is 2. The molecule has 0 N–H and O–H groups in total. The van der Waals surface area contributed by atoms with Gasteiger partial charge in [-0.15, -0.1) is 6.42 Å². The van der Waals surface area contributed by atoms with Crippen LogP contribution in [0.25, 0.3) is 16.5 Å². The van der Waals surface area contributed by atoms with Crippen LogP contribution in [0.15, 0.2) is 65.1 Å². The number of hydrogen-bond donors (Lipinski definition) is 0. The van der Waals surface area contributed by atoms with E-state index in [1.807, 2.05) is 12.1 Å². The lowest BCUT2D eigenvalue weighted by Gasteiger charge is -2.28. The standard InChI is InChI=1S/C31H30O3/c1-3-21-8-13-25-15-14-24(28(25)18-21)7-5-4-6-22-9-11-23(12-10-22)26-16-17-29-27(19-26)20-30(34-29)31(32)33-2/h1,5,7-8,13-14,16-20,22-23H,4,6,9-12,15H2,2H3. The zero-order valence-electron chi connectivity index (χ0n) is 19.7. The van der Waals surface area contributed by atoms with Gasteiger partial charge in [0.1, 0.15) is 5.58 Å². The molecule has 1 fully saturated rings. The molecule has 0 radical (unpaired) electrons. The summed E-state index contributed by atoms with van der Waals surface area (Å²) in [5.41, 5.74) is 7.00. The molecule has 0 spiro atoms. The first-order valence-corrected chi connectivity index (χ1v) is 12.2. The van der Waals surface area contributed by atoms with E-state index in [0.29, 0.717) is 5.92 Å². The average molecular weight is 451 g/mol. The van der Waals surface area contributed by atoms with Crippen LogP contribution in [0.5, 0.6) is 0 Å². The molecule has 34 heavy (non-hydrogen) atoms. The molecule has 2 aliphatic carbocycles. The van der Waals surface area contributed by atoms with Crippen LogP contribution in [-0.4, -0.2) is 13.1 Å². The number of allylic oxidation sites excluding steroid dienone is 4. The molecule has 2 aliphatic rings. The minimum atomic E-state index is -0.432. The van der Waals surface area contributed by atoms with Crippen molar-refractivity contribution in [1.29, 1.82) is 0 Å². The first-order chi connectivity index (χ1) is 16.6. The van der Waals surface area contributed by atoms with Crippen molar-refractivity contribution in [2.75, 3.05) is 7.11 Å². The zero-order valence-corrected chi connectivity index (χ0v) is 19.7. The quantitative estimate of drug-likeness (QED) is 0.289. The monoisotopic (exact) mass is 450 g/mol. The number of carbonyl (C=O) groups excluding carboxylic acids is 1. The molecule has 0 bridgehead atoms. The Balaban J connectivity index is 1.13. The number of benzene rings is 2. The van der Waals surface area contributed by atoms with Gasteiger partial charge in [0, 0.05) is 10.9 Å². The summed E-state index contributed by atoms with van der Waals surface area (Å²) in [5.74, 6) is 3.95. The van der Waals surface area contributed by atoms with Gasteiger partial charge in [-0.1, -0.05) is 36.3 Å². The van der Waals surface area contributed by atoms with E-state index in [-0.39, 0.29) is 5.76 Å². The molecule has 0 amide bonds. The third kappa shape index (κ3) is 4.59. The molecule has 0 unspecified atom stereocenters. The summed E-state index contributed by atoms with van der Waals surface area (Å²) in [6.07, 6.45) is 20.8. The molecule has 1 aromatic heterocycles. The molecule has 3 heteroatoms. The van der Waals surface area contributed by atoms with Crippen molar-refractivity contribution in [3.8, 4) is 12.3 Å². The molecule has 172 valence electrons. The van der Waals surface area contributed by atoms with Crippen molar-refractivity contribution in [1.82, 2.24) is 0 Å². The second-order valence-electron chi connectivity index (χ2n) is 9.48. The van der Waals surface area contributed by atoms with E-state index in [1.165, 1.54) is 61.5 Å². The van der Waals surface area contributed by atoms with Crippen LogP contribution in [0.4, 0.5) is 0 Å². The van der Waals surface area contributed by atoms with Gasteiger partial charge in [0.25, 0.3) is 0 Å². The fourth-order valence-corrected chi connectivity index (χ4v) is 5.44. The maximum Gasteiger partial charge on any atom is 0.373 e. The normalized spacial score (nSPS) is 19.7. The summed E-state index contributed by atoms with van der Waals surface area (Å²) in [4.78, 5) is 11.7. The molecular weight excluding hydrogens is 420 g/mol. The summed E-state index contributed by atoms with van der Waals surface area (Å²) in [5, 5.41) is 0.974. The highest BCUT2D eigenvalue weighted by atomic mass is 16.5. The fourth-order valence-electron chi connectivity index (χ4n) is 5.44. The smallest absolute Gasteiger partial charge is 0.373 e. The van der Waals surface area contributed by atoms with Crippen molar-refractivity contribution >= 4 is 22.5 Å². The predicted molar refractivity (Wildman–Crippen MR) is 137 cm³/mol. The largest absolute Gasteiger partial charge is 0.463 e. The maximum absolute atomic E-state index is 11.7. The summed E-state index contributed by atoms with van der Waals surface area (Å²) in [7, 11) is 1.37. The first-order valence-electron chi connectivity index (χ1n) is 12.2.